The number of hydrogen-bond donors (Lipinski definition) is 2. The number of amides is 1. The molecular formula is C57H70F6N12O4. The molecule has 0 bridgehead atoms. The zero-order valence-corrected chi connectivity index (χ0v) is 45.1. The molecule has 424 valence electrons. The third kappa shape index (κ3) is 17.0. The molecule has 16 nitrogen and oxygen atoms in total. The minimum absolute atomic E-state index is 0.0126. The fourth-order valence-corrected chi connectivity index (χ4v) is 10.5. The topological polar surface area (TPSA) is 211 Å². The fraction of sp³-hybridized carbons (Fsp3) is 0.561. The number of nitrogens with zero attached hydrogens (tertiary/aromatic N) is 10. The molecule has 4 aliphatic heterocycles. The van der Waals surface area contributed by atoms with E-state index in [2.05, 4.69) is 37.4 Å². The smallest absolute Gasteiger partial charge is 0.444 e. The van der Waals surface area contributed by atoms with Gasteiger partial charge in [0.2, 0.25) is 11.6 Å². The van der Waals surface area contributed by atoms with Gasteiger partial charge in [-0.05, 0) is 152 Å². The van der Waals surface area contributed by atoms with Crippen molar-refractivity contribution >= 4 is 40.9 Å². The van der Waals surface area contributed by atoms with Gasteiger partial charge < -0.3 is 35.4 Å². The number of ether oxygens (including phenoxy) is 1. The van der Waals surface area contributed by atoms with Crippen molar-refractivity contribution in [3.63, 3.8) is 0 Å². The van der Waals surface area contributed by atoms with Gasteiger partial charge >= 0.3 is 18.4 Å². The molecule has 2 aromatic heterocycles. The Morgan fingerprint density at radius 1 is 0.608 bits per heavy atom. The summed E-state index contributed by atoms with van der Waals surface area (Å²) in [6.07, 6.45) is -1.17. The van der Waals surface area contributed by atoms with E-state index in [0.717, 1.165) is 24.0 Å². The highest BCUT2D eigenvalue weighted by atomic mass is 19.4. The number of halogens is 6. The second-order valence-corrected chi connectivity index (χ2v) is 21.8. The van der Waals surface area contributed by atoms with E-state index in [1.54, 1.807) is 67.0 Å². The van der Waals surface area contributed by atoms with E-state index < -0.39 is 47.8 Å². The highest BCUT2D eigenvalue weighted by Gasteiger charge is 2.41. The fourth-order valence-electron chi connectivity index (χ4n) is 10.5. The Hall–Kier alpha value is -7.07. The number of anilines is 4. The summed E-state index contributed by atoms with van der Waals surface area (Å²) in [6.45, 7) is 9.42. The van der Waals surface area contributed by atoms with Gasteiger partial charge in [-0.15, -0.1) is 0 Å². The van der Waals surface area contributed by atoms with E-state index in [-0.39, 0.29) is 40.8 Å². The number of alkyl halides is 6. The van der Waals surface area contributed by atoms with Crippen LogP contribution in [0.5, 0.6) is 0 Å². The van der Waals surface area contributed by atoms with E-state index in [1.165, 1.54) is 0 Å². The number of piperidine rings is 2. The van der Waals surface area contributed by atoms with Gasteiger partial charge in [-0.2, -0.15) is 36.9 Å². The summed E-state index contributed by atoms with van der Waals surface area (Å²) in [5, 5.41) is 20.6. The van der Waals surface area contributed by atoms with Gasteiger partial charge in [0.15, 0.2) is 11.6 Å². The van der Waals surface area contributed by atoms with Gasteiger partial charge in [-0.3, -0.25) is 9.59 Å². The van der Waals surface area contributed by atoms with Crippen LogP contribution in [0.25, 0.3) is 0 Å². The molecule has 4 saturated heterocycles. The molecule has 0 saturated carbocycles. The van der Waals surface area contributed by atoms with Gasteiger partial charge in [0, 0.05) is 70.8 Å². The first-order chi connectivity index (χ1) is 37.6. The Balaban J connectivity index is 0.000000232. The van der Waals surface area contributed by atoms with E-state index >= 15 is 0 Å². The van der Waals surface area contributed by atoms with Crippen LogP contribution in [0, 0.1) is 34.5 Å². The number of aromatic nitrogens is 4. The van der Waals surface area contributed by atoms with Crippen molar-refractivity contribution in [3.8, 4) is 12.1 Å². The summed E-state index contributed by atoms with van der Waals surface area (Å²) < 4.78 is 88.0. The highest BCUT2D eigenvalue weighted by molar-refractivity contribution is 5.88. The molecule has 3 N–H and O–H groups in total. The zero-order valence-electron chi connectivity index (χ0n) is 45.1. The Morgan fingerprint density at radius 3 is 1.37 bits per heavy atom. The van der Waals surface area contributed by atoms with Crippen molar-refractivity contribution in [2.45, 2.75) is 141 Å². The lowest BCUT2D eigenvalue weighted by Crippen LogP contribution is -2.41. The zero-order chi connectivity index (χ0) is 56.9. The number of carbonyl (C=O) groups excluding carboxylic acids is 3. The maximum absolute atomic E-state index is 13.9. The SMILES string of the molecule is CC(C)(C)OC(=O)NCC1CCN(c2cc(N3CCC[C@H]3C(=O)CCCc3ccc(C#N)cc3)nc(C(F)(F)F)n2)CC1.N#Cc1ccc(CCCC(=O)[C@@H]2CCCN2c2cc(N3CCC(CN)CC3)nc(C(F)(F)F)n2)cc1. The summed E-state index contributed by atoms with van der Waals surface area (Å²) in [5.74, 6) is -1.13. The number of alkyl carbamates (subject to hydrolysis) is 1. The van der Waals surface area contributed by atoms with Crippen LogP contribution in [0.4, 0.5) is 54.4 Å². The summed E-state index contributed by atoms with van der Waals surface area (Å²) >= 11 is 0. The molecular weight excluding hydrogens is 1030 g/mol. The normalized spacial score (nSPS) is 18.4. The first kappa shape index (κ1) is 59.6. The van der Waals surface area contributed by atoms with Gasteiger partial charge in [-0.1, -0.05) is 24.3 Å². The number of ketones is 2. The van der Waals surface area contributed by atoms with Gasteiger partial charge in [0.1, 0.15) is 28.9 Å². The predicted molar refractivity (Wildman–Crippen MR) is 286 cm³/mol. The Morgan fingerprint density at radius 2 is 1.00 bits per heavy atom. The molecule has 4 aromatic rings. The van der Waals surface area contributed by atoms with Crippen LogP contribution in [0.3, 0.4) is 0 Å². The molecule has 0 aliphatic carbocycles. The minimum Gasteiger partial charge on any atom is -0.444 e. The summed E-state index contributed by atoms with van der Waals surface area (Å²) in [6, 6.07) is 20.8. The molecule has 2 aromatic carbocycles. The highest BCUT2D eigenvalue weighted by Crippen LogP contribution is 2.36. The molecule has 4 aliphatic rings. The molecule has 1 amide bonds. The number of benzene rings is 2. The van der Waals surface area contributed by atoms with E-state index in [1.807, 2.05) is 34.1 Å². The second kappa shape index (κ2) is 26.7. The second-order valence-electron chi connectivity index (χ2n) is 21.8. The summed E-state index contributed by atoms with van der Waals surface area (Å²) in [5.41, 5.74) is 8.38. The van der Waals surface area contributed by atoms with Gasteiger partial charge in [-0.25, -0.2) is 24.7 Å². The minimum atomic E-state index is -4.74. The summed E-state index contributed by atoms with van der Waals surface area (Å²) in [7, 11) is 0. The Labute approximate surface area is 457 Å². The lowest BCUT2D eigenvalue weighted by Gasteiger charge is -2.34. The Bertz CT molecular complexity index is 2780. The van der Waals surface area contributed by atoms with Crippen molar-refractivity contribution in [1.29, 1.82) is 10.5 Å². The van der Waals surface area contributed by atoms with Crippen LogP contribution in [-0.2, 0) is 39.5 Å². The molecule has 0 radical (unpaired) electrons. The molecule has 79 heavy (non-hydrogen) atoms. The number of Topliss-reactive ketones (excluding diaryl/α,β-unsaturated/α-hetero) is 2. The van der Waals surface area contributed by atoms with Crippen LogP contribution in [-0.4, -0.2) is 108 Å². The van der Waals surface area contributed by atoms with Crippen molar-refractivity contribution in [2.75, 3.05) is 72.0 Å². The largest absolute Gasteiger partial charge is 0.451 e. The molecule has 0 unspecified atom stereocenters. The summed E-state index contributed by atoms with van der Waals surface area (Å²) in [4.78, 5) is 60.8. The van der Waals surface area contributed by atoms with Crippen LogP contribution < -0.4 is 30.7 Å². The third-order valence-corrected chi connectivity index (χ3v) is 14.8. The molecule has 8 rings (SSSR count). The average molecular weight is 1100 g/mol. The van der Waals surface area contributed by atoms with E-state index in [4.69, 9.17) is 21.0 Å². The lowest BCUT2D eigenvalue weighted by atomic mass is 9.97. The number of hydrogen-bond acceptors (Lipinski definition) is 15. The molecule has 4 fully saturated rings. The van der Waals surface area contributed by atoms with Gasteiger partial charge in [0.05, 0.1) is 35.3 Å². The number of aryl methyl sites for hydroxylation is 2. The maximum Gasteiger partial charge on any atom is 0.451 e. The number of nitrogens with two attached hydrogens (primary N) is 1. The standard InChI is InChI=1S/C31H39F3N6O3.C26H31F3N6O/c1-30(2,3)43-29(42)36-20-23-13-16-39(17-14-23)26-18-27(38-28(37-26)31(32,33)34)40-15-5-7-24(40)25(41)8-4-6-21-9-11-22(19-35)12-10-21;27-26(28,29)25-32-23(34-13-10-20(17-31)11-14-34)15-24(33-25)35-12-2-4-21(35)22(36)5-1-3-18-6-8-19(16-30)9-7-18/h9-12,18,23-24H,4-8,13-17,20H2,1-3H3,(H,36,42);6-9,15,20-21H,1-5,10-14,17,31H2/t24-;21-/m00/s1. The van der Waals surface area contributed by atoms with E-state index in [0.29, 0.717) is 146 Å². The van der Waals surface area contributed by atoms with Crippen molar-refractivity contribution < 1.29 is 45.5 Å². The quantitative estimate of drug-likeness (QED) is 0.0943. The van der Waals surface area contributed by atoms with Gasteiger partial charge in [0.25, 0.3) is 0 Å². The number of carbonyl (C=O) groups is 3. The molecule has 2 atom stereocenters. The predicted octanol–water partition coefficient (Wildman–Crippen LogP) is 9.77. The first-order valence-corrected chi connectivity index (χ1v) is 27.3. The lowest BCUT2D eigenvalue weighted by molar-refractivity contribution is -0.145. The van der Waals surface area contributed by atoms with Crippen LogP contribution in [0.1, 0.15) is 132 Å². The molecule has 6 heterocycles. The third-order valence-electron chi connectivity index (χ3n) is 14.8. The number of rotatable bonds is 17. The van der Waals surface area contributed by atoms with Crippen LogP contribution in [0.15, 0.2) is 60.7 Å². The monoisotopic (exact) mass is 1100 g/mol. The first-order valence-electron chi connectivity index (χ1n) is 27.3. The molecule has 0 spiro atoms. The van der Waals surface area contributed by atoms with Crippen molar-refractivity contribution in [2.24, 2.45) is 17.6 Å². The maximum atomic E-state index is 13.9. The number of nitrogens with one attached hydrogen (secondary N) is 1. The van der Waals surface area contributed by atoms with Crippen LogP contribution in [0.2, 0.25) is 0 Å². The van der Waals surface area contributed by atoms with E-state index in [9.17, 15) is 40.7 Å². The average Bonchev–Trinajstić information content (AvgIpc) is 4.15. The van der Waals surface area contributed by atoms with Crippen molar-refractivity contribution in [3.05, 3.63) is 94.6 Å². The molecule has 22 heteroatoms. The Kier molecular flexibility index (Phi) is 20.2. The van der Waals surface area contributed by atoms with Crippen molar-refractivity contribution in [1.82, 2.24) is 25.3 Å². The number of nitriles is 2. The van der Waals surface area contributed by atoms with Crippen LogP contribution >= 0.6 is 0 Å².